The zero-order valence-electron chi connectivity index (χ0n) is 13.5. The summed E-state index contributed by atoms with van der Waals surface area (Å²) in [5, 5.41) is 11.4. The summed E-state index contributed by atoms with van der Waals surface area (Å²) < 4.78 is 0. The van der Waals surface area contributed by atoms with Crippen LogP contribution in [-0.2, 0) is 6.54 Å². The molecule has 122 valence electrons. The maximum atomic E-state index is 10.9. The summed E-state index contributed by atoms with van der Waals surface area (Å²) in [6.45, 7) is 8.98. The number of aromatic carboxylic acids is 1. The molecule has 2 heterocycles. The quantitative estimate of drug-likeness (QED) is 0.933. The maximum Gasteiger partial charge on any atom is 0.355 e. The summed E-state index contributed by atoms with van der Waals surface area (Å²) in [5.41, 5.74) is 4.16. The summed E-state index contributed by atoms with van der Waals surface area (Å²) in [5.74, 6) is -0.952. The Hall–Kier alpha value is -1.92. The van der Waals surface area contributed by atoms with Crippen LogP contribution < -0.4 is 4.90 Å². The van der Waals surface area contributed by atoms with Crippen LogP contribution in [0.1, 0.15) is 26.6 Å². The number of nitrogens with zero attached hydrogens (tertiary/aromatic N) is 3. The lowest BCUT2D eigenvalue weighted by molar-refractivity contribution is 0.0691. The molecule has 3 rings (SSSR count). The Balaban J connectivity index is 1.59. The SMILES string of the molecule is Cc1cccc(N2CCN(Cc3nc(C(=O)O)cs3)CC2)c1C. The average molecular weight is 331 g/mol. The van der Waals surface area contributed by atoms with Crippen LogP contribution in [0.3, 0.4) is 0 Å². The summed E-state index contributed by atoms with van der Waals surface area (Å²) in [6, 6.07) is 6.46. The van der Waals surface area contributed by atoms with Crippen molar-refractivity contribution in [3.63, 3.8) is 0 Å². The number of anilines is 1. The first-order valence-corrected chi connectivity index (χ1v) is 8.64. The highest BCUT2D eigenvalue weighted by Gasteiger charge is 2.20. The minimum atomic E-state index is -0.952. The topological polar surface area (TPSA) is 56.7 Å². The Morgan fingerprint density at radius 1 is 1.26 bits per heavy atom. The van der Waals surface area contributed by atoms with Gasteiger partial charge in [0.15, 0.2) is 5.69 Å². The van der Waals surface area contributed by atoms with Crippen LogP contribution in [-0.4, -0.2) is 47.1 Å². The van der Waals surface area contributed by atoms with E-state index in [0.717, 1.165) is 37.7 Å². The molecule has 1 aromatic heterocycles. The van der Waals surface area contributed by atoms with Gasteiger partial charge in [-0.3, -0.25) is 4.90 Å². The third-order valence-electron chi connectivity index (χ3n) is 4.42. The minimum absolute atomic E-state index is 0.152. The molecule has 1 saturated heterocycles. The predicted molar refractivity (Wildman–Crippen MR) is 92.5 cm³/mol. The largest absolute Gasteiger partial charge is 0.476 e. The van der Waals surface area contributed by atoms with Crippen molar-refractivity contribution >= 4 is 23.0 Å². The van der Waals surface area contributed by atoms with E-state index in [-0.39, 0.29) is 5.69 Å². The van der Waals surface area contributed by atoms with Gasteiger partial charge < -0.3 is 10.0 Å². The fraction of sp³-hybridized carbons (Fsp3) is 0.412. The van der Waals surface area contributed by atoms with Gasteiger partial charge in [-0.15, -0.1) is 11.3 Å². The number of carbonyl (C=O) groups is 1. The van der Waals surface area contributed by atoms with Gasteiger partial charge in [0, 0.05) is 37.2 Å². The first-order chi connectivity index (χ1) is 11.0. The molecule has 0 unspecified atom stereocenters. The Kier molecular flexibility index (Phi) is 4.63. The summed E-state index contributed by atoms with van der Waals surface area (Å²) >= 11 is 1.43. The Morgan fingerprint density at radius 2 is 2.00 bits per heavy atom. The van der Waals surface area contributed by atoms with Crippen molar-refractivity contribution in [3.05, 3.63) is 45.4 Å². The molecule has 0 aliphatic carbocycles. The molecule has 1 aliphatic heterocycles. The van der Waals surface area contributed by atoms with Gasteiger partial charge in [0.25, 0.3) is 0 Å². The number of hydrogen-bond donors (Lipinski definition) is 1. The van der Waals surface area contributed by atoms with E-state index in [1.54, 1.807) is 5.38 Å². The van der Waals surface area contributed by atoms with Gasteiger partial charge in [0.2, 0.25) is 0 Å². The van der Waals surface area contributed by atoms with Gasteiger partial charge in [-0.1, -0.05) is 12.1 Å². The number of aromatic nitrogens is 1. The molecule has 0 atom stereocenters. The highest BCUT2D eigenvalue weighted by molar-refractivity contribution is 7.09. The van der Waals surface area contributed by atoms with Crippen LogP contribution in [0.2, 0.25) is 0 Å². The fourth-order valence-corrected chi connectivity index (χ4v) is 3.71. The average Bonchev–Trinajstić information content (AvgIpc) is 3.00. The molecule has 1 aromatic carbocycles. The lowest BCUT2D eigenvalue weighted by atomic mass is 10.1. The van der Waals surface area contributed by atoms with E-state index in [0.29, 0.717) is 0 Å². The molecule has 0 amide bonds. The van der Waals surface area contributed by atoms with Gasteiger partial charge in [-0.25, -0.2) is 9.78 Å². The number of benzene rings is 1. The second kappa shape index (κ2) is 6.68. The van der Waals surface area contributed by atoms with E-state index in [2.05, 4.69) is 46.8 Å². The zero-order chi connectivity index (χ0) is 16.4. The van der Waals surface area contributed by atoms with Crippen molar-refractivity contribution in [2.75, 3.05) is 31.1 Å². The van der Waals surface area contributed by atoms with Crippen LogP contribution in [0.25, 0.3) is 0 Å². The number of aryl methyl sites for hydroxylation is 1. The molecule has 23 heavy (non-hydrogen) atoms. The van der Waals surface area contributed by atoms with Crippen molar-refractivity contribution in [1.82, 2.24) is 9.88 Å². The molecule has 1 N–H and O–H groups in total. The zero-order valence-corrected chi connectivity index (χ0v) is 14.3. The van der Waals surface area contributed by atoms with Crippen LogP contribution in [0.15, 0.2) is 23.6 Å². The van der Waals surface area contributed by atoms with Crippen LogP contribution >= 0.6 is 11.3 Å². The molecule has 0 spiro atoms. The normalized spacial score (nSPS) is 15.8. The van der Waals surface area contributed by atoms with Gasteiger partial charge in [0.1, 0.15) is 5.01 Å². The van der Waals surface area contributed by atoms with Crippen LogP contribution in [0, 0.1) is 13.8 Å². The van der Waals surface area contributed by atoms with Crippen molar-refractivity contribution in [1.29, 1.82) is 0 Å². The molecule has 0 bridgehead atoms. The van der Waals surface area contributed by atoms with Gasteiger partial charge >= 0.3 is 5.97 Å². The third kappa shape index (κ3) is 3.54. The van der Waals surface area contributed by atoms with Gasteiger partial charge in [-0.05, 0) is 31.0 Å². The van der Waals surface area contributed by atoms with Gasteiger partial charge in [0.05, 0.1) is 6.54 Å². The Bertz CT molecular complexity index is 706. The predicted octanol–water partition coefficient (Wildman–Crippen LogP) is 2.78. The molecule has 1 fully saturated rings. The van der Waals surface area contributed by atoms with E-state index in [9.17, 15) is 4.79 Å². The number of thiazole rings is 1. The minimum Gasteiger partial charge on any atom is -0.476 e. The van der Waals surface area contributed by atoms with E-state index < -0.39 is 5.97 Å². The summed E-state index contributed by atoms with van der Waals surface area (Å²) in [7, 11) is 0. The van der Waals surface area contributed by atoms with Crippen molar-refractivity contribution < 1.29 is 9.90 Å². The van der Waals surface area contributed by atoms with Crippen LogP contribution in [0.4, 0.5) is 5.69 Å². The smallest absolute Gasteiger partial charge is 0.355 e. The van der Waals surface area contributed by atoms with Crippen LogP contribution in [0.5, 0.6) is 0 Å². The highest BCUT2D eigenvalue weighted by Crippen LogP contribution is 2.24. The highest BCUT2D eigenvalue weighted by atomic mass is 32.1. The lowest BCUT2D eigenvalue weighted by Gasteiger charge is -2.36. The molecule has 0 radical (unpaired) electrons. The monoisotopic (exact) mass is 331 g/mol. The van der Waals surface area contributed by atoms with Crippen molar-refractivity contribution in [2.24, 2.45) is 0 Å². The molecule has 0 saturated carbocycles. The standard InChI is InChI=1S/C17H21N3O2S/c1-12-4-3-5-15(13(12)2)20-8-6-19(7-9-20)10-16-18-14(11-23-16)17(21)22/h3-5,11H,6-10H2,1-2H3,(H,21,22). The lowest BCUT2D eigenvalue weighted by Crippen LogP contribution is -2.46. The number of carboxylic acid groups (broad SMARTS) is 1. The summed E-state index contributed by atoms with van der Waals surface area (Å²) in [6.07, 6.45) is 0. The summed E-state index contributed by atoms with van der Waals surface area (Å²) in [4.78, 5) is 19.8. The first-order valence-electron chi connectivity index (χ1n) is 7.76. The van der Waals surface area contributed by atoms with E-state index in [1.807, 2.05) is 0 Å². The van der Waals surface area contributed by atoms with E-state index in [4.69, 9.17) is 5.11 Å². The van der Waals surface area contributed by atoms with E-state index in [1.165, 1.54) is 28.2 Å². The van der Waals surface area contributed by atoms with Gasteiger partial charge in [-0.2, -0.15) is 0 Å². The molecule has 1 aliphatic rings. The van der Waals surface area contributed by atoms with Crippen molar-refractivity contribution in [3.8, 4) is 0 Å². The molecular formula is C17H21N3O2S. The molecule has 2 aromatic rings. The number of piperazine rings is 1. The second-order valence-corrected chi connectivity index (χ2v) is 6.86. The Labute approximate surface area is 140 Å². The van der Waals surface area contributed by atoms with Crippen molar-refractivity contribution in [2.45, 2.75) is 20.4 Å². The molecular weight excluding hydrogens is 310 g/mol. The fourth-order valence-electron chi connectivity index (χ4n) is 2.90. The third-order valence-corrected chi connectivity index (χ3v) is 5.25. The van der Waals surface area contributed by atoms with E-state index >= 15 is 0 Å². The molecule has 5 nitrogen and oxygen atoms in total. The number of rotatable bonds is 4. The Morgan fingerprint density at radius 3 is 2.65 bits per heavy atom. The maximum absolute atomic E-state index is 10.9. The number of carboxylic acids is 1. The molecule has 6 heteroatoms. The second-order valence-electron chi connectivity index (χ2n) is 5.91. The first kappa shape index (κ1) is 16.0. The number of hydrogen-bond acceptors (Lipinski definition) is 5.